The second-order valence-corrected chi connectivity index (χ2v) is 3.28. The van der Waals surface area contributed by atoms with Crippen molar-refractivity contribution in [3.8, 4) is 0 Å². The summed E-state index contributed by atoms with van der Waals surface area (Å²) in [6.45, 7) is 6.49. The number of rotatable bonds is 10. The summed E-state index contributed by atoms with van der Waals surface area (Å²) in [5.74, 6) is -0.959. The average Bonchev–Trinajstić information content (AvgIpc) is 2.19. The number of nitrogens with two attached hydrogens (primary N) is 2. The van der Waals surface area contributed by atoms with Gasteiger partial charge in [0.25, 0.3) is 5.97 Å². The Morgan fingerprint density at radius 2 is 1.40 bits per heavy atom. The molecule has 5 heteroatoms. The van der Waals surface area contributed by atoms with E-state index in [9.17, 15) is 0 Å². The van der Waals surface area contributed by atoms with Crippen molar-refractivity contribution in [3.05, 3.63) is 0 Å². The van der Waals surface area contributed by atoms with Gasteiger partial charge in [0, 0.05) is 13.5 Å². The molecular formula is C10H24N2O3. The highest BCUT2D eigenvalue weighted by atomic mass is 16.9. The molecule has 0 saturated heterocycles. The van der Waals surface area contributed by atoms with Gasteiger partial charge in [-0.25, -0.2) is 0 Å². The SMILES string of the molecule is CCOC(C)(OCCCN)OCCCN. The minimum absolute atomic E-state index is 0.537. The fourth-order valence-corrected chi connectivity index (χ4v) is 1.07. The maximum absolute atomic E-state index is 5.49. The first-order valence-corrected chi connectivity index (χ1v) is 5.50. The molecule has 0 spiro atoms. The standard InChI is InChI=1S/C10H24N2O3/c1-3-13-10(2,14-8-4-6-11)15-9-5-7-12/h3-9,11-12H2,1-2H3. The van der Waals surface area contributed by atoms with Gasteiger partial charge < -0.3 is 25.7 Å². The summed E-state index contributed by atoms with van der Waals surface area (Å²) in [7, 11) is 0. The molecule has 0 aliphatic heterocycles. The first-order chi connectivity index (χ1) is 7.18. The minimum Gasteiger partial charge on any atom is -0.330 e. The molecule has 0 saturated carbocycles. The molecule has 0 atom stereocenters. The van der Waals surface area contributed by atoms with Crippen molar-refractivity contribution >= 4 is 0 Å². The Labute approximate surface area is 92.0 Å². The van der Waals surface area contributed by atoms with Crippen molar-refractivity contribution in [2.75, 3.05) is 32.9 Å². The Balaban J connectivity index is 3.83. The molecule has 0 bridgehead atoms. The summed E-state index contributed by atoms with van der Waals surface area (Å²) in [5.41, 5.74) is 10.8. The smallest absolute Gasteiger partial charge is 0.279 e. The normalized spacial score (nSPS) is 12.0. The summed E-state index contributed by atoms with van der Waals surface area (Å²) in [6, 6.07) is 0. The van der Waals surface area contributed by atoms with E-state index in [1.54, 1.807) is 6.92 Å². The van der Waals surface area contributed by atoms with Crippen molar-refractivity contribution in [2.45, 2.75) is 32.7 Å². The van der Waals surface area contributed by atoms with Gasteiger partial charge in [0.15, 0.2) is 0 Å². The molecule has 0 fully saturated rings. The largest absolute Gasteiger partial charge is 0.330 e. The lowest BCUT2D eigenvalue weighted by Gasteiger charge is -2.29. The summed E-state index contributed by atoms with van der Waals surface area (Å²) in [4.78, 5) is 0. The average molecular weight is 220 g/mol. The fraction of sp³-hybridized carbons (Fsp3) is 1.00. The molecule has 5 nitrogen and oxygen atoms in total. The molecule has 0 aromatic carbocycles. The molecule has 0 heterocycles. The van der Waals surface area contributed by atoms with Gasteiger partial charge in [-0.2, -0.15) is 0 Å². The van der Waals surface area contributed by atoms with Gasteiger partial charge in [0.1, 0.15) is 0 Å². The van der Waals surface area contributed by atoms with Gasteiger partial charge in [-0.15, -0.1) is 0 Å². The molecule has 0 aromatic rings. The van der Waals surface area contributed by atoms with Gasteiger partial charge >= 0.3 is 0 Å². The van der Waals surface area contributed by atoms with Crippen molar-refractivity contribution in [3.63, 3.8) is 0 Å². The highest BCUT2D eigenvalue weighted by Gasteiger charge is 2.25. The van der Waals surface area contributed by atoms with Gasteiger partial charge in [-0.3, -0.25) is 0 Å². The molecule has 0 amide bonds. The maximum atomic E-state index is 5.49. The summed E-state index contributed by atoms with van der Waals surface area (Å²) < 4.78 is 16.4. The van der Waals surface area contributed by atoms with E-state index in [2.05, 4.69) is 0 Å². The zero-order valence-electron chi connectivity index (χ0n) is 9.83. The predicted octanol–water partition coefficient (Wildman–Crippen LogP) is 0.427. The maximum Gasteiger partial charge on any atom is 0.279 e. The molecule has 0 aliphatic rings. The topological polar surface area (TPSA) is 79.7 Å². The van der Waals surface area contributed by atoms with Crippen LogP contribution in [-0.2, 0) is 14.2 Å². The van der Waals surface area contributed by atoms with E-state index in [1.165, 1.54) is 0 Å². The third kappa shape index (κ3) is 7.70. The third-order valence-electron chi connectivity index (χ3n) is 1.83. The van der Waals surface area contributed by atoms with E-state index in [-0.39, 0.29) is 0 Å². The first-order valence-electron chi connectivity index (χ1n) is 5.50. The predicted molar refractivity (Wildman–Crippen MR) is 59.3 cm³/mol. The van der Waals surface area contributed by atoms with Crippen LogP contribution in [0.15, 0.2) is 0 Å². The molecule has 0 rings (SSSR count). The monoisotopic (exact) mass is 220 g/mol. The molecule has 0 aromatic heterocycles. The molecule has 0 radical (unpaired) electrons. The molecular weight excluding hydrogens is 196 g/mol. The number of hydrogen-bond acceptors (Lipinski definition) is 5. The van der Waals surface area contributed by atoms with Crippen LogP contribution in [0.5, 0.6) is 0 Å². The van der Waals surface area contributed by atoms with Crippen LogP contribution >= 0.6 is 0 Å². The van der Waals surface area contributed by atoms with Crippen LogP contribution in [0.3, 0.4) is 0 Å². The Hall–Kier alpha value is -0.200. The van der Waals surface area contributed by atoms with Crippen molar-refractivity contribution < 1.29 is 14.2 Å². The zero-order valence-corrected chi connectivity index (χ0v) is 9.83. The van der Waals surface area contributed by atoms with E-state index in [0.717, 1.165) is 12.8 Å². The van der Waals surface area contributed by atoms with Crippen LogP contribution in [0, 0.1) is 0 Å². The summed E-state index contributed by atoms with van der Waals surface area (Å²) in [5, 5.41) is 0. The highest BCUT2D eigenvalue weighted by Crippen LogP contribution is 2.15. The molecule has 4 N–H and O–H groups in total. The van der Waals surface area contributed by atoms with Crippen LogP contribution in [0.4, 0.5) is 0 Å². The molecule has 0 unspecified atom stereocenters. The Kier molecular flexibility index (Phi) is 8.94. The van der Waals surface area contributed by atoms with E-state index in [0.29, 0.717) is 32.9 Å². The lowest BCUT2D eigenvalue weighted by Crippen LogP contribution is -2.37. The van der Waals surface area contributed by atoms with Crippen molar-refractivity contribution in [1.82, 2.24) is 0 Å². The number of hydrogen-bond donors (Lipinski definition) is 2. The van der Waals surface area contributed by atoms with Crippen LogP contribution in [0.25, 0.3) is 0 Å². The molecule has 0 aliphatic carbocycles. The van der Waals surface area contributed by atoms with Crippen molar-refractivity contribution in [2.24, 2.45) is 11.5 Å². The summed E-state index contributed by atoms with van der Waals surface area (Å²) in [6.07, 6.45) is 1.59. The van der Waals surface area contributed by atoms with Gasteiger partial charge in [0.05, 0.1) is 13.2 Å². The highest BCUT2D eigenvalue weighted by molar-refractivity contribution is 4.50. The lowest BCUT2D eigenvalue weighted by atomic mass is 10.4. The van der Waals surface area contributed by atoms with E-state index < -0.39 is 5.97 Å². The van der Waals surface area contributed by atoms with Gasteiger partial charge in [-0.1, -0.05) is 0 Å². The fourth-order valence-electron chi connectivity index (χ4n) is 1.07. The van der Waals surface area contributed by atoms with E-state index in [4.69, 9.17) is 25.7 Å². The Bertz CT molecular complexity index is 135. The quantitative estimate of drug-likeness (QED) is 0.412. The van der Waals surface area contributed by atoms with Crippen LogP contribution in [0.2, 0.25) is 0 Å². The van der Waals surface area contributed by atoms with Crippen LogP contribution in [-0.4, -0.2) is 38.9 Å². The van der Waals surface area contributed by atoms with Crippen LogP contribution in [0.1, 0.15) is 26.7 Å². The van der Waals surface area contributed by atoms with E-state index >= 15 is 0 Å². The summed E-state index contributed by atoms with van der Waals surface area (Å²) >= 11 is 0. The van der Waals surface area contributed by atoms with Gasteiger partial charge in [-0.05, 0) is 32.9 Å². The molecule has 15 heavy (non-hydrogen) atoms. The second-order valence-electron chi connectivity index (χ2n) is 3.28. The van der Waals surface area contributed by atoms with E-state index in [1.807, 2.05) is 6.92 Å². The second kappa shape index (κ2) is 9.06. The van der Waals surface area contributed by atoms with Crippen molar-refractivity contribution in [1.29, 1.82) is 0 Å². The third-order valence-corrected chi connectivity index (χ3v) is 1.83. The lowest BCUT2D eigenvalue weighted by molar-refractivity contribution is -0.368. The molecule has 92 valence electrons. The first kappa shape index (κ1) is 14.8. The number of ether oxygens (including phenoxy) is 3. The Morgan fingerprint density at radius 1 is 0.933 bits per heavy atom. The van der Waals surface area contributed by atoms with Crippen LogP contribution < -0.4 is 11.5 Å². The minimum atomic E-state index is -0.959. The van der Waals surface area contributed by atoms with Gasteiger partial charge in [0.2, 0.25) is 0 Å². The zero-order chi connectivity index (χ0) is 11.6. The Morgan fingerprint density at radius 3 is 1.73 bits per heavy atom.